The Morgan fingerprint density at radius 1 is 0.853 bits per heavy atom. The number of aromatic nitrogens is 2. The molecule has 0 aliphatic heterocycles. The lowest BCUT2D eigenvalue weighted by Gasteiger charge is -2.34. The Balaban J connectivity index is 1.12. The van der Waals surface area contributed by atoms with Crippen LogP contribution >= 0.6 is 11.3 Å². The Morgan fingerprint density at radius 2 is 1.53 bits per heavy atom. The summed E-state index contributed by atoms with van der Waals surface area (Å²) in [5, 5.41) is 22.0. The van der Waals surface area contributed by atoms with Crippen molar-refractivity contribution in [2.75, 3.05) is 5.32 Å². The van der Waals surface area contributed by atoms with E-state index in [4.69, 9.17) is 5.11 Å². The summed E-state index contributed by atoms with van der Waals surface area (Å²) in [6.07, 6.45) is 6.33. The van der Waals surface area contributed by atoms with E-state index in [0.29, 0.717) is 34.4 Å². The summed E-state index contributed by atoms with van der Waals surface area (Å²) in [5.41, 5.74) is 3.21. The van der Waals surface area contributed by atoms with Crippen molar-refractivity contribution in [2.24, 2.45) is 5.92 Å². The predicted molar refractivity (Wildman–Crippen MR) is 132 cm³/mol. The molecule has 0 unspecified atom stereocenters. The minimum absolute atomic E-state index is 0.171. The van der Waals surface area contributed by atoms with Crippen LogP contribution in [0.25, 0.3) is 0 Å². The lowest BCUT2D eigenvalue weighted by molar-refractivity contribution is -0.138. The quantitative estimate of drug-likeness (QED) is 0.424. The maximum absolute atomic E-state index is 12.7. The largest absolute Gasteiger partial charge is 0.481 e. The lowest BCUT2D eigenvalue weighted by atomic mass is 9.72. The van der Waals surface area contributed by atoms with Gasteiger partial charge < -0.3 is 5.11 Å². The van der Waals surface area contributed by atoms with Crippen LogP contribution < -0.4 is 5.32 Å². The maximum atomic E-state index is 12.7. The van der Waals surface area contributed by atoms with Gasteiger partial charge in [-0.1, -0.05) is 53.8 Å². The highest BCUT2D eigenvalue weighted by Crippen LogP contribution is 2.48. The molecule has 2 aliphatic carbocycles. The molecule has 6 nitrogen and oxygen atoms in total. The fourth-order valence-corrected chi connectivity index (χ4v) is 6.15. The molecule has 2 fully saturated rings. The van der Waals surface area contributed by atoms with E-state index in [2.05, 4.69) is 39.8 Å². The maximum Gasteiger partial charge on any atom is 0.303 e. The number of nitrogens with zero attached hydrogens (tertiary/aromatic N) is 2. The first-order valence-electron chi connectivity index (χ1n) is 12.1. The molecule has 2 aromatic carbocycles. The smallest absolute Gasteiger partial charge is 0.303 e. The Kier molecular flexibility index (Phi) is 6.72. The van der Waals surface area contributed by atoms with E-state index >= 15 is 0 Å². The predicted octanol–water partition coefficient (Wildman–Crippen LogP) is 6.20. The number of anilines is 1. The molecule has 2 aliphatic rings. The number of carbonyl (C=O) groups is 2. The molecule has 34 heavy (non-hydrogen) atoms. The van der Waals surface area contributed by atoms with Gasteiger partial charge in [-0.25, -0.2) is 0 Å². The molecule has 0 saturated heterocycles. The van der Waals surface area contributed by atoms with Crippen molar-refractivity contribution >= 4 is 28.3 Å². The van der Waals surface area contributed by atoms with E-state index in [-0.39, 0.29) is 12.3 Å². The first kappa shape index (κ1) is 22.7. The van der Waals surface area contributed by atoms with E-state index < -0.39 is 5.97 Å². The van der Waals surface area contributed by atoms with Crippen LogP contribution in [0.2, 0.25) is 0 Å². The molecular weight excluding hydrogens is 446 g/mol. The summed E-state index contributed by atoms with van der Waals surface area (Å²) >= 11 is 1.47. The van der Waals surface area contributed by atoms with Crippen molar-refractivity contribution in [3.8, 4) is 0 Å². The average Bonchev–Trinajstić information content (AvgIpc) is 3.27. The summed E-state index contributed by atoms with van der Waals surface area (Å²) in [5.74, 6) is 0.854. The van der Waals surface area contributed by atoms with Crippen molar-refractivity contribution in [1.29, 1.82) is 0 Å². The van der Waals surface area contributed by atoms with Crippen LogP contribution in [0.3, 0.4) is 0 Å². The van der Waals surface area contributed by atoms with Gasteiger partial charge in [-0.15, -0.1) is 10.2 Å². The normalized spacial score (nSPS) is 24.2. The standard InChI is InChI=1S/C27H29N3O3S/c31-24(32)14-17-6-8-19(9-7-17)20-10-12-21(13-11-20)25(33)28-27-30-29-26(34-27)23-15-22(16-23)18-4-2-1-3-5-18/h1-5,10-13,17,19,22-23H,6-9,14-16H2,(H,31,32)(H,28,30,33). The van der Waals surface area contributed by atoms with Crippen molar-refractivity contribution in [1.82, 2.24) is 10.2 Å². The van der Waals surface area contributed by atoms with Crippen LogP contribution in [0.5, 0.6) is 0 Å². The number of benzene rings is 2. The minimum atomic E-state index is -0.703. The molecule has 0 spiro atoms. The van der Waals surface area contributed by atoms with Gasteiger partial charge in [-0.3, -0.25) is 14.9 Å². The van der Waals surface area contributed by atoms with Crippen LogP contribution in [0.1, 0.15) is 89.2 Å². The number of carboxylic acid groups (broad SMARTS) is 1. The summed E-state index contributed by atoms with van der Waals surface area (Å²) in [6.45, 7) is 0. The van der Waals surface area contributed by atoms with E-state index in [1.165, 1.54) is 22.5 Å². The van der Waals surface area contributed by atoms with E-state index in [0.717, 1.165) is 43.5 Å². The lowest BCUT2D eigenvalue weighted by Crippen LogP contribution is -2.19. The van der Waals surface area contributed by atoms with Gasteiger partial charge in [0, 0.05) is 17.9 Å². The highest BCUT2D eigenvalue weighted by atomic mass is 32.1. The molecule has 2 N–H and O–H groups in total. The fourth-order valence-electron chi connectivity index (χ4n) is 5.29. The highest BCUT2D eigenvalue weighted by molar-refractivity contribution is 7.15. The Labute approximate surface area is 203 Å². The monoisotopic (exact) mass is 475 g/mol. The Morgan fingerprint density at radius 3 is 2.21 bits per heavy atom. The van der Waals surface area contributed by atoms with Crippen LogP contribution in [-0.4, -0.2) is 27.2 Å². The topological polar surface area (TPSA) is 92.2 Å². The third-order valence-corrected chi connectivity index (χ3v) is 8.37. The zero-order valence-electron chi connectivity index (χ0n) is 19.0. The molecule has 5 rings (SSSR count). The second-order valence-corrected chi connectivity index (χ2v) is 10.6. The third-order valence-electron chi connectivity index (χ3n) is 7.37. The second kappa shape index (κ2) is 10.1. The average molecular weight is 476 g/mol. The van der Waals surface area contributed by atoms with Crippen LogP contribution in [-0.2, 0) is 4.79 Å². The SMILES string of the molecule is O=C(O)CC1CCC(c2ccc(C(=O)Nc3nnc(C4CC(c5ccccc5)C4)s3)cc2)CC1. The number of carboxylic acids is 1. The number of amides is 1. The molecule has 0 bridgehead atoms. The second-order valence-electron chi connectivity index (χ2n) is 9.61. The summed E-state index contributed by atoms with van der Waals surface area (Å²) in [4.78, 5) is 23.6. The molecule has 176 valence electrons. The van der Waals surface area contributed by atoms with Gasteiger partial charge in [-0.2, -0.15) is 0 Å². The van der Waals surface area contributed by atoms with Gasteiger partial charge in [0.1, 0.15) is 5.01 Å². The van der Waals surface area contributed by atoms with Crippen molar-refractivity contribution in [3.05, 3.63) is 76.3 Å². The fraction of sp³-hybridized carbons (Fsp3) is 0.407. The number of carbonyl (C=O) groups excluding carboxylic acids is 1. The van der Waals surface area contributed by atoms with Crippen molar-refractivity contribution in [2.45, 2.75) is 62.7 Å². The molecule has 0 radical (unpaired) electrons. The zero-order chi connectivity index (χ0) is 23.5. The van der Waals surface area contributed by atoms with Crippen molar-refractivity contribution in [3.63, 3.8) is 0 Å². The van der Waals surface area contributed by atoms with Gasteiger partial charge in [0.05, 0.1) is 0 Å². The zero-order valence-corrected chi connectivity index (χ0v) is 19.8. The van der Waals surface area contributed by atoms with Gasteiger partial charge in [0.25, 0.3) is 5.91 Å². The Bertz CT molecular complexity index is 1130. The van der Waals surface area contributed by atoms with E-state index in [1.54, 1.807) is 0 Å². The number of nitrogens with one attached hydrogen (secondary N) is 1. The molecule has 3 aromatic rings. The molecule has 1 aromatic heterocycles. The molecule has 1 heterocycles. The molecule has 2 saturated carbocycles. The summed E-state index contributed by atoms with van der Waals surface area (Å²) in [6, 6.07) is 18.4. The molecular formula is C27H29N3O3S. The van der Waals surface area contributed by atoms with E-state index in [1.807, 2.05) is 30.3 Å². The Hall–Kier alpha value is -3.06. The number of rotatable bonds is 7. The number of hydrogen-bond acceptors (Lipinski definition) is 5. The molecule has 7 heteroatoms. The summed E-state index contributed by atoms with van der Waals surface area (Å²) in [7, 11) is 0. The van der Waals surface area contributed by atoms with Crippen LogP contribution in [0.15, 0.2) is 54.6 Å². The first-order chi connectivity index (χ1) is 16.5. The van der Waals surface area contributed by atoms with Gasteiger partial charge in [0.15, 0.2) is 0 Å². The minimum Gasteiger partial charge on any atom is -0.481 e. The first-order valence-corrected chi connectivity index (χ1v) is 12.9. The van der Waals surface area contributed by atoms with Crippen LogP contribution in [0, 0.1) is 5.92 Å². The number of aliphatic carboxylic acids is 1. The highest BCUT2D eigenvalue weighted by Gasteiger charge is 2.34. The summed E-state index contributed by atoms with van der Waals surface area (Å²) < 4.78 is 0. The number of hydrogen-bond donors (Lipinski definition) is 2. The van der Waals surface area contributed by atoms with Gasteiger partial charge >= 0.3 is 5.97 Å². The van der Waals surface area contributed by atoms with Crippen molar-refractivity contribution < 1.29 is 14.7 Å². The third kappa shape index (κ3) is 5.20. The molecule has 0 atom stereocenters. The van der Waals surface area contributed by atoms with Gasteiger partial charge in [0.2, 0.25) is 5.13 Å². The van der Waals surface area contributed by atoms with Gasteiger partial charge in [-0.05, 0) is 79.5 Å². The van der Waals surface area contributed by atoms with E-state index in [9.17, 15) is 9.59 Å². The molecule has 1 amide bonds. The van der Waals surface area contributed by atoms with Crippen LogP contribution in [0.4, 0.5) is 5.13 Å².